The van der Waals surface area contributed by atoms with E-state index in [2.05, 4.69) is 9.97 Å². The van der Waals surface area contributed by atoms with Crippen LogP contribution >= 0.6 is 0 Å². The van der Waals surface area contributed by atoms with Crippen LogP contribution in [0.5, 0.6) is 5.75 Å². The average Bonchev–Trinajstić information content (AvgIpc) is 3.16. The molecule has 0 unspecified atom stereocenters. The van der Waals surface area contributed by atoms with Crippen molar-refractivity contribution >= 4 is 15.8 Å². The lowest BCUT2D eigenvalue weighted by Gasteiger charge is -2.27. The number of nitrogens with one attached hydrogen (secondary N) is 1. The largest absolute Gasteiger partial charge is 0.482 e. The van der Waals surface area contributed by atoms with Gasteiger partial charge < -0.3 is 9.72 Å². The first kappa shape index (κ1) is 24.9. The lowest BCUT2D eigenvalue weighted by atomic mass is 9.94. The van der Waals surface area contributed by atoms with E-state index in [4.69, 9.17) is 4.74 Å². The molecule has 1 aromatic carbocycles. The highest BCUT2D eigenvalue weighted by atomic mass is 32.2. The van der Waals surface area contributed by atoms with E-state index < -0.39 is 28.1 Å². The summed E-state index contributed by atoms with van der Waals surface area (Å²) in [5, 5.41) is -0.711. The van der Waals surface area contributed by atoms with Gasteiger partial charge in [-0.2, -0.15) is 17.5 Å². The Labute approximate surface area is 201 Å². The van der Waals surface area contributed by atoms with Crippen LogP contribution in [0.25, 0.3) is 11.3 Å². The summed E-state index contributed by atoms with van der Waals surface area (Å²) in [6.45, 7) is 1.22. The number of pyridine rings is 1. The second kappa shape index (κ2) is 9.46. The Kier molecular flexibility index (Phi) is 6.74. The van der Waals surface area contributed by atoms with Crippen LogP contribution in [0, 0.1) is 0 Å². The van der Waals surface area contributed by atoms with Gasteiger partial charge in [-0.15, -0.1) is 0 Å². The first-order chi connectivity index (χ1) is 16.5. The molecule has 2 aromatic heterocycles. The molecule has 186 valence electrons. The standard InChI is InChI=1S/C24H24F3N3O4S/c1-15(2)35(32,33)30-12-19-22(20(31)13-30)18(10-16-6-4-3-5-7-16)23(29-19)17-8-9-28-11-21(17)34-14-24(25,26)27/h3-9,11,15,29H,10,12-14H2,1-2H3. The van der Waals surface area contributed by atoms with Crippen molar-refractivity contribution in [2.75, 3.05) is 13.2 Å². The molecule has 0 aliphatic carbocycles. The first-order valence-electron chi connectivity index (χ1n) is 10.9. The Balaban J connectivity index is 1.84. The Morgan fingerprint density at radius 3 is 2.51 bits per heavy atom. The number of alkyl halides is 3. The molecule has 3 heterocycles. The number of benzene rings is 1. The van der Waals surface area contributed by atoms with Gasteiger partial charge in [0.05, 0.1) is 30.2 Å². The quantitative estimate of drug-likeness (QED) is 0.514. The van der Waals surface area contributed by atoms with Crippen LogP contribution in [0.2, 0.25) is 0 Å². The number of sulfonamides is 1. The van der Waals surface area contributed by atoms with Crippen molar-refractivity contribution < 1.29 is 31.1 Å². The number of hydrogen-bond donors (Lipinski definition) is 1. The van der Waals surface area contributed by atoms with Gasteiger partial charge in [0.2, 0.25) is 10.0 Å². The summed E-state index contributed by atoms with van der Waals surface area (Å²) < 4.78 is 70.2. The van der Waals surface area contributed by atoms with E-state index in [0.717, 1.165) is 9.87 Å². The molecule has 4 rings (SSSR count). The van der Waals surface area contributed by atoms with Crippen LogP contribution in [-0.2, 0) is 23.0 Å². The molecule has 0 atom stereocenters. The molecule has 11 heteroatoms. The fourth-order valence-corrected chi connectivity index (χ4v) is 5.27. The van der Waals surface area contributed by atoms with Gasteiger partial charge in [-0.3, -0.25) is 9.78 Å². The van der Waals surface area contributed by atoms with Gasteiger partial charge in [0.1, 0.15) is 5.75 Å². The monoisotopic (exact) mass is 507 g/mol. The lowest BCUT2D eigenvalue weighted by Crippen LogP contribution is -2.42. The predicted molar refractivity (Wildman–Crippen MR) is 124 cm³/mol. The van der Waals surface area contributed by atoms with Crippen LogP contribution < -0.4 is 4.74 Å². The topological polar surface area (TPSA) is 92.4 Å². The number of aromatic amines is 1. The molecule has 0 amide bonds. The van der Waals surface area contributed by atoms with E-state index in [0.29, 0.717) is 34.5 Å². The first-order valence-corrected chi connectivity index (χ1v) is 12.4. The minimum atomic E-state index is -4.55. The molecule has 1 aliphatic heterocycles. The van der Waals surface area contributed by atoms with Crippen molar-refractivity contribution in [3.05, 3.63) is 71.2 Å². The molecule has 0 radical (unpaired) electrons. The summed E-state index contributed by atoms with van der Waals surface area (Å²) in [6, 6.07) is 10.8. The smallest absolute Gasteiger partial charge is 0.422 e. The molecule has 35 heavy (non-hydrogen) atoms. The van der Waals surface area contributed by atoms with E-state index in [1.54, 1.807) is 0 Å². The maximum atomic E-state index is 13.2. The zero-order chi connectivity index (χ0) is 25.4. The van der Waals surface area contributed by atoms with E-state index in [1.165, 1.54) is 32.3 Å². The molecule has 0 saturated carbocycles. The van der Waals surface area contributed by atoms with Crippen LogP contribution in [0.3, 0.4) is 0 Å². The van der Waals surface area contributed by atoms with Crippen LogP contribution in [0.15, 0.2) is 48.8 Å². The molecule has 7 nitrogen and oxygen atoms in total. The Hall–Kier alpha value is -3.18. The predicted octanol–water partition coefficient (Wildman–Crippen LogP) is 4.35. The van der Waals surface area contributed by atoms with Crippen molar-refractivity contribution in [3.8, 4) is 17.0 Å². The fourth-order valence-electron chi connectivity index (χ4n) is 4.07. The second-order valence-electron chi connectivity index (χ2n) is 8.56. The maximum Gasteiger partial charge on any atom is 0.422 e. The summed E-state index contributed by atoms with van der Waals surface area (Å²) in [5.74, 6) is -0.479. The molecule has 1 N–H and O–H groups in total. The van der Waals surface area contributed by atoms with Gasteiger partial charge in [0.15, 0.2) is 12.4 Å². The number of ether oxygens (including phenoxy) is 1. The van der Waals surface area contributed by atoms with Crippen LogP contribution in [-0.4, -0.2) is 53.1 Å². The Morgan fingerprint density at radius 1 is 1.14 bits per heavy atom. The molecule has 3 aromatic rings. The summed E-state index contributed by atoms with van der Waals surface area (Å²) in [6.07, 6.45) is -1.63. The second-order valence-corrected chi connectivity index (χ2v) is 11.0. The Bertz CT molecular complexity index is 1340. The number of carbonyl (C=O) groups excluding carboxylic acids is 1. The molecule has 0 fully saturated rings. The number of ketones is 1. The minimum Gasteiger partial charge on any atom is -0.482 e. The van der Waals surface area contributed by atoms with Gasteiger partial charge in [-0.05, 0) is 31.0 Å². The summed E-state index contributed by atoms with van der Waals surface area (Å²) in [4.78, 5) is 20.3. The summed E-state index contributed by atoms with van der Waals surface area (Å²) >= 11 is 0. The lowest BCUT2D eigenvalue weighted by molar-refractivity contribution is -0.153. The summed E-state index contributed by atoms with van der Waals surface area (Å²) in [7, 11) is -3.70. The number of Topliss-reactive ketones (excluding diaryl/α,β-unsaturated/α-hetero) is 1. The molecule has 0 spiro atoms. The van der Waals surface area contributed by atoms with E-state index in [-0.39, 0.29) is 24.6 Å². The Morgan fingerprint density at radius 2 is 1.86 bits per heavy atom. The van der Waals surface area contributed by atoms with E-state index >= 15 is 0 Å². The van der Waals surface area contributed by atoms with Crippen molar-refractivity contribution in [1.82, 2.24) is 14.3 Å². The van der Waals surface area contributed by atoms with Crippen LogP contribution in [0.1, 0.15) is 41.0 Å². The van der Waals surface area contributed by atoms with Gasteiger partial charge in [0.25, 0.3) is 0 Å². The number of rotatable bonds is 7. The molecule has 0 bridgehead atoms. The highest BCUT2D eigenvalue weighted by Crippen LogP contribution is 2.38. The molecule has 1 aliphatic rings. The SMILES string of the molecule is CC(C)S(=O)(=O)N1CC(=O)c2c([nH]c(-c3ccncc3OCC(F)(F)F)c2Cc2ccccc2)C1. The average molecular weight is 508 g/mol. The van der Waals surface area contributed by atoms with Crippen molar-refractivity contribution in [2.24, 2.45) is 0 Å². The highest BCUT2D eigenvalue weighted by molar-refractivity contribution is 7.89. The normalized spacial score (nSPS) is 14.9. The number of fused-ring (bicyclic) bond motifs is 1. The maximum absolute atomic E-state index is 13.2. The fraction of sp³-hybridized carbons (Fsp3) is 0.333. The number of carbonyl (C=O) groups is 1. The van der Waals surface area contributed by atoms with E-state index in [9.17, 15) is 26.4 Å². The minimum absolute atomic E-state index is 0.0484. The molecular formula is C24H24F3N3O4S. The zero-order valence-corrected chi connectivity index (χ0v) is 19.9. The zero-order valence-electron chi connectivity index (χ0n) is 19.1. The number of aromatic nitrogens is 2. The third-order valence-corrected chi connectivity index (χ3v) is 7.91. The number of hydrogen-bond acceptors (Lipinski definition) is 5. The number of H-pyrrole nitrogens is 1. The van der Waals surface area contributed by atoms with Gasteiger partial charge in [-0.25, -0.2) is 8.42 Å². The summed E-state index contributed by atoms with van der Waals surface area (Å²) in [5.41, 5.74) is 2.90. The third-order valence-electron chi connectivity index (χ3n) is 5.74. The number of nitrogens with zero attached hydrogens (tertiary/aromatic N) is 2. The highest BCUT2D eigenvalue weighted by Gasteiger charge is 2.37. The van der Waals surface area contributed by atoms with E-state index in [1.807, 2.05) is 30.3 Å². The van der Waals surface area contributed by atoms with Crippen molar-refractivity contribution in [2.45, 2.75) is 38.2 Å². The third kappa shape index (κ3) is 5.25. The van der Waals surface area contributed by atoms with Crippen molar-refractivity contribution in [3.63, 3.8) is 0 Å². The van der Waals surface area contributed by atoms with Crippen molar-refractivity contribution in [1.29, 1.82) is 0 Å². The number of halogens is 3. The molecular weight excluding hydrogens is 483 g/mol. The van der Waals surface area contributed by atoms with Gasteiger partial charge in [-0.1, -0.05) is 30.3 Å². The van der Waals surface area contributed by atoms with Gasteiger partial charge in [0, 0.05) is 29.4 Å². The van der Waals surface area contributed by atoms with Gasteiger partial charge >= 0.3 is 6.18 Å². The van der Waals surface area contributed by atoms with Crippen LogP contribution in [0.4, 0.5) is 13.2 Å². The molecule has 0 saturated heterocycles.